The summed E-state index contributed by atoms with van der Waals surface area (Å²) in [5, 5.41) is 13.6. The van der Waals surface area contributed by atoms with Crippen LogP contribution in [0.5, 0.6) is 0 Å². The number of aliphatic hydroxyl groups is 1. The minimum Gasteiger partial charge on any atom is -0.392 e. The van der Waals surface area contributed by atoms with E-state index in [1.54, 1.807) is 18.2 Å². The van der Waals surface area contributed by atoms with Gasteiger partial charge < -0.3 is 10.4 Å². The smallest absolute Gasteiger partial charge is 0.256 e. The van der Waals surface area contributed by atoms with E-state index in [0.717, 1.165) is 8.45 Å². The van der Waals surface area contributed by atoms with Crippen LogP contribution in [-0.2, 0) is 6.61 Å². The standard InChI is InChI=1S/C12H10INO2S/c13-11-5-9(7-17-11)12(16)14-10-3-1-2-8(4-10)6-15/h1-5,7,15H,6H2,(H,14,16). The number of hydrogen-bond donors (Lipinski definition) is 2. The van der Waals surface area contributed by atoms with Crippen LogP contribution in [0.25, 0.3) is 0 Å². The van der Waals surface area contributed by atoms with E-state index in [1.165, 1.54) is 11.3 Å². The van der Waals surface area contributed by atoms with Gasteiger partial charge in [-0.2, -0.15) is 0 Å². The molecule has 3 nitrogen and oxygen atoms in total. The summed E-state index contributed by atoms with van der Waals surface area (Å²) in [4.78, 5) is 11.9. The summed E-state index contributed by atoms with van der Waals surface area (Å²) in [6.07, 6.45) is 0. The van der Waals surface area contributed by atoms with Crippen molar-refractivity contribution in [2.45, 2.75) is 6.61 Å². The van der Waals surface area contributed by atoms with E-state index in [9.17, 15) is 4.79 Å². The molecule has 0 saturated heterocycles. The molecule has 0 unspecified atom stereocenters. The molecule has 1 heterocycles. The predicted molar refractivity (Wildman–Crippen MR) is 77.4 cm³/mol. The van der Waals surface area contributed by atoms with Gasteiger partial charge >= 0.3 is 0 Å². The van der Waals surface area contributed by atoms with E-state index >= 15 is 0 Å². The lowest BCUT2D eigenvalue weighted by molar-refractivity contribution is 0.102. The molecule has 2 rings (SSSR count). The van der Waals surface area contributed by atoms with E-state index in [0.29, 0.717) is 11.3 Å². The number of nitrogens with one attached hydrogen (secondary N) is 1. The molecule has 0 radical (unpaired) electrons. The van der Waals surface area contributed by atoms with Crippen LogP contribution in [0.3, 0.4) is 0 Å². The number of carbonyl (C=O) groups is 1. The molecule has 0 aliphatic carbocycles. The van der Waals surface area contributed by atoms with Gasteiger partial charge in [-0.15, -0.1) is 11.3 Å². The van der Waals surface area contributed by atoms with Gasteiger partial charge in [-0.05, 0) is 46.4 Å². The van der Waals surface area contributed by atoms with Crippen LogP contribution in [0, 0.1) is 2.88 Å². The van der Waals surface area contributed by atoms with Crippen molar-refractivity contribution in [2.24, 2.45) is 0 Å². The molecule has 1 amide bonds. The first kappa shape index (κ1) is 12.5. The Labute approximate surface area is 117 Å². The molecule has 5 heteroatoms. The summed E-state index contributed by atoms with van der Waals surface area (Å²) in [5.74, 6) is -0.126. The van der Waals surface area contributed by atoms with Gasteiger partial charge in [0.2, 0.25) is 0 Å². The lowest BCUT2D eigenvalue weighted by Crippen LogP contribution is -2.10. The Balaban J connectivity index is 2.12. The van der Waals surface area contributed by atoms with E-state index in [1.807, 2.05) is 17.5 Å². The fraction of sp³-hybridized carbons (Fsp3) is 0.0833. The van der Waals surface area contributed by atoms with Crippen LogP contribution < -0.4 is 5.32 Å². The lowest BCUT2D eigenvalue weighted by Gasteiger charge is -2.05. The van der Waals surface area contributed by atoms with E-state index in [4.69, 9.17) is 5.11 Å². The number of rotatable bonds is 3. The number of thiophene rings is 1. The molecule has 0 fully saturated rings. The topological polar surface area (TPSA) is 49.3 Å². The van der Waals surface area contributed by atoms with Crippen molar-refractivity contribution in [3.63, 3.8) is 0 Å². The van der Waals surface area contributed by atoms with Crippen LogP contribution in [0.1, 0.15) is 15.9 Å². The number of halogens is 1. The largest absolute Gasteiger partial charge is 0.392 e. The monoisotopic (exact) mass is 359 g/mol. The Hall–Kier alpha value is -0.920. The maximum atomic E-state index is 11.9. The quantitative estimate of drug-likeness (QED) is 0.828. The first-order chi connectivity index (χ1) is 8.19. The lowest BCUT2D eigenvalue weighted by atomic mass is 10.2. The van der Waals surface area contributed by atoms with E-state index in [2.05, 4.69) is 27.9 Å². The highest BCUT2D eigenvalue weighted by molar-refractivity contribution is 14.1. The second-order valence-electron chi connectivity index (χ2n) is 3.45. The summed E-state index contributed by atoms with van der Waals surface area (Å²) in [7, 11) is 0. The Morgan fingerprint density at radius 1 is 1.41 bits per heavy atom. The molecule has 1 aromatic carbocycles. The fourth-order valence-corrected chi connectivity index (χ4v) is 2.71. The van der Waals surface area contributed by atoms with E-state index < -0.39 is 0 Å². The second kappa shape index (κ2) is 5.61. The fourth-order valence-electron chi connectivity index (χ4n) is 1.38. The Morgan fingerprint density at radius 3 is 2.88 bits per heavy atom. The van der Waals surface area contributed by atoms with Crippen molar-refractivity contribution in [1.29, 1.82) is 0 Å². The Kier molecular flexibility index (Phi) is 4.14. The third-order valence-electron chi connectivity index (χ3n) is 2.20. The van der Waals surface area contributed by atoms with Gasteiger partial charge in [0.05, 0.1) is 15.1 Å². The molecule has 0 saturated carbocycles. The van der Waals surface area contributed by atoms with Gasteiger partial charge in [0.25, 0.3) is 5.91 Å². The van der Waals surface area contributed by atoms with Gasteiger partial charge in [-0.3, -0.25) is 4.79 Å². The summed E-state index contributed by atoms with van der Waals surface area (Å²) < 4.78 is 1.08. The number of benzene rings is 1. The molecule has 2 aromatic rings. The van der Waals surface area contributed by atoms with Gasteiger partial charge in [0.15, 0.2) is 0 Å². The molecule has 0 spiro atoms. The second-order valence-corrected chi connectivity index (χ2v) is 6.26. The average molecular weight is 359 g/mol. The van der Waals surface area contributed by atoms with Crippen molar-refractivity contribution in [3.8, 4) is 0 Å². The summed E-state index contributed by atoms with van der Waals surface area (Å²) in [6, 6.07) is 9.02. The van der Waals surface area contributed by atoms with Crippen molar-refractivity contribution < 1.29 is 9.90 Å². The highest BCUT2D eigenvalue weighted by Crippen LogP contribution is 2.18. The van der Waals surface area contributed by atoms with Crippen molar-refractivity contribution in [3.05, 3.63) is 49.7 Å². The van der Waals surface area contributed by atoms with Crippen molar-refractivity contribution >= 4 is 45.5 Å². The highest BCUT2D eigenvalue weighted by Gasteiger charge is 2.08. The van der Waals surface area contributed by atoms with Gasteiger partial charge in [0, 0.05) is 11.1 Å². The Bertz CT molecular complexity index is 539. The summed E-state index contributed by atoms with van der Waals surface area (Å²) in [5.41, 5.74) is 2.14. The maximum Gasteiger partial charge on any atom is 0.256 e. The Morgan fingerprint density at radius 2 is 2.24 bits per heavy atom. The van der Waals surface area contributed by atoms with Crippen LogP contribution in [-0.4, -0.2) is 11.0 Å². The third-order valence-corrected chi connectivity index (χ3v) is 3.99. The van der Waals surface area contributed by atoms with Gasteiger partial charge in [0.1, 0.15) is 0 Å². The molecule has 0 bridgehead atoms. The minimum atomic E-state index is -0.126. The molecule has 17 heavy (non-hydrogen) atoms. The predicted octanol–water partition coefficient (Wildman–Crippen LogP) is 3.10. The zero-order chi connectivity index (χ0) is 12.3. The normalized spacial score (nSPS) is 10.2. The maximum absolute atomic E-state index is 11.9. The average Bonchev–Trinajstić information content (AvgIpc) is 2.76. The molecule has 88 valence electrons. The van der Waals surface area contributed by atoms with Gasteiger partial charge in [-0.25, -0.2) is 0 Å². The molecule has 0 aliphatic heterocycles. The number of hydrogen-bond acceptors (Lipinski definition) is 3. The van der Waals surface area contributed by atoms with Crippen LogP contribution in [0.2, 0.25) is 0 Å². The number of anilines is 1. The van der Waals surface area contributed by atoms with E-state index in [-0.39, 0.29) is 12.5 Å². The number of aliphatic hydroxyl groups excluding tert-OH is 1. The zero-order valence-corrected chi connectivity index (χ0v) is 11.8. The molecular weight excluding hydrogens is 349 g/mol. The summed E-state index contributed by atoms with van der Waals surface area (Å²) in [6.45, 7) is -0.0277. The highest BCUT2D eigenvalue weighted by atomic mass is 127. The molecule has 0 aliphatic rings. The minimum absolute atomic E-state index is 0.0277. The zero-order valence-electron chi connectivity index (χ0n) is 8.81. The SMILES string of the molecule is O=C(Nc1cccc(CO)c1)c1csc(I)c1. The molecular formula is C12H10INO2S. The van der Waals surface area contributed by atoms with Crippen LogP contribution in [0.4, 0.5) is 5.69 Å². The number of carbonyl (C=O) groups excluding carboxylic acids is 1. The first-order valence-corrected chi connectivity index (χ1v) is 6.90. The molecule has 2 N–H and O–H groups in total. The summed E-state index contributed by atoms with van der Waals surface area (Å²) >= 11 is 3.72. The third kappa shape index (κ3) is 3.27. The van der Waals surface area contributed by atoms with Crippen LogP contribution in [0.15, 0.2) is 35.7 Å². The van der Waals surface area contributed by atoms with Crippen LogP contribution >= 0.6 is 33.9 Å². The van der Waals surface area contributed by atoms with Gasteiger partial charge in [-0.1, -0.05) is 12.1 Å². The number of amides is 1. The molecule has 1 aromatic heterocycles. The first-order valence-electron chi connectivity index (χ1n) is 4.94. The van der Waals surface area contributed by atoms with Crippen molar-refractivity contribution in [2.75, 3.05) is 5.32 Å². The molecule has 0 atom stereocenters. The van der Waals surface area contributed by atoms with Crippen molar-refractivity contribution in [1.82, 2.24) is 0 Å².